The van der Waals surface area contributed by atoms with Crippen molar-refractivity contribution >= 4 is 6.41 Å². The van der Waals surface area contributed by atoms with Crippen molar-refractivity contribution in [3.8, 4) is 0 Å². The van der Waals surface area contributed by atoms with Crippen LogP contribution >= 0.6 is 0 Å². The number of carbonyl (C=O) groups excluding carboxylic acids is 1. The van der Waals surface area contributed by atoms with E-state index < -0.39 is 0 Å². The van der Waals surface area contributed by atoms with Crippen LogP contribution in [-0.2, 0) is 4.79 Å². The monoisotopic (exact) mass is 98.1 g/mol. The normalized spacial score (nSPS) is 29.6. The molecule has 0 heterocycles. The first-order chi connectivity index (χ1) is 3.34. The average molecular weight is 98.1 g/mol. The molecule has 0 aromatic carbocycles. The molecule has 1 rings (SSSR count). The highest BCUT2D eigenvalue weighted by molar-refractivity contribution is 5.50. The van der Waals surface area contributed by atoms with Crippen LogP contribution in [0, 0.1) is 12.0 Å². The topological polar surface area (TPSA) is 29.1 Å². The van der Waals surface area contributed by atoms with Crippen molar-refractivity contribution in [2.45, 2.75) is 13.3 Å². The van der Waals surface area contributed by atoms with E-state index >= 15 is 0 Å². The van der Waals surface area contributed by atoms with Crippen LogP contribution in [0.1, 0.15) is 13.3 Å². The van der Waals surface area contributed by atoms with Gasteiger partial charge in [-0.15, -0.1) is 0 Å². The second-order valence-corrected chi connectivity index (χ2v) is 1.89. The molecular weight excluding hydrogens is 90.1 g/mol. The molecule has 0 aliphatic heterocycles. The van der Waals surface area contributed by atoms with E-state index in [2.05, 4.69) is 12.2 Å². The van der Waals surface area contributed by atoms with Gasteiger partial charge in [0.1, 0.15) is 0 Å². The fourth-order valence-corrected chi connectivity index (χ4v) is 0.548. The third kappa shape index (κ3) is 0.918. The van der Waals surface area contributed by atoms with Crippen LogP contribution < -0.4 is 5.32 Å². The SMILES string of the molecule is CC1C[C]1NC=O. The van der Waals surface area contributed by atoms with Crippen molar-refractivity contribution in [3.63, 3.8) is 0 Å². The van der Waals surface area contributed by atoms with E-state index in [1.54, 1.807) is 0 Å². The molecular formula is C5H8NO. The van der Waals surface area contributed by atoms with Gasteiger partial charge in [0.15, 0.2) is 0 Å². The van der Waals surface area contributed by atoms with Crippen molar-refractivity contribution in [2.75, 3.05) is 0 Å². The Morgan fingerprint density at radius 3 is 2.71 bits per heavy atom. The molecule has 0 spiro atoms. The number of carbonyl (C=O) groups is 1. The van der Waals surface area contributed by atoms with Gasteiger partial charge in [0.25, 0.3) is 0 Å². The molecule has 1 unspecified atom stereocenters. The van der Waals surface area contributed by atoms with Crippen molar-refractivity contribution in [1.82, 2.24) is 5.32 Å². The Kier molecular flexibility index (Phi) is 1.01. The molecule has 0 saturated heterocycles. The maximum Gasteiger partial charge on any atom is 0.207 e. The fraction of sp³-hybridized carbons (Fsp3) is 0.600. The smallest absolute Gasteiger partial charge is 0.207 e. The van der Waals surface area contributed by atoms with E-state index in [1.807, 2.05) is 0 Å². The van der Waals surface area contributed by atoms with Gasteiger partial charge in [0, 0.05) is 0 Å². The molecule has 2 heteroatoms. The molecule has 1 atom stereocenters. The van der Waals surface area contributed by atoms with Gasteiger partial charge in [0.05, 0.1) is 6.04 Å². The lowest BCUT2D eigenvalue weighted by Gasteiger charge is -1.85. The summed E-state index contributed by atoms with van der Waals surface area (Å²) in [6.45, 7) is 2.09. The zero-order valence-electron chi connectivity index (χ0n) is 4.27. The summed E-state index contributed by atoms with van der Waals surface area (Å²) >= 11 is 0. The van der Waals surface area contributed by atoms with Crippen LogP contribution in [-0.4, -0.2) is 6.41 Å². The van der Waals surface area contributed by atoms with Crippen LogP contribution in [0.25, 0.3) is 0 Å². The van der Waals surface area contributed by atoms with Crippen LogP contribution in [0.3, 0.4) is 0 Å². The summed E-state index contributed by atoms with van der Waals surface area (Å²) in [6.07, 6.45) is 1.82. The minimum absolute atomic E-state index is 0.644. The van der Waals surface area contributed by atoms with E-state index in [9.17, 15) is 4.79 Å². The summed E-state index contributed by atoms with van der Waals surface area (Å²) in [4.78, 5) is 9.67. The molecule has 1 radical (unpaired) electrons. The second-order valence-electron chi connectivity index (χ2n) is 1.89. The fourth-order valence-electron chi connectivity index (χ4n) is 0.548. The molecule has 1 aliphatic rings. The highest BCUT2D eigenvalue weighted by atomic mass is 16.1. The predicted molar refractivity (Wildman–Crippen MR) is 26.2 cm³/mol. The van der Waals surface area contributed by atoms with E-state index in [1.165, 1.54) is 6.04 Å². The minimum atomic E-state index is 0.644. The quantitative estimate of drug-likeness (QED) is 0.494. The van der Waals surface area contributed by atoms with Gasteiger partial charge >= 0.3 is 0 Å². The van der Waals surface area contributed by atoms with Gasteiger partial charge in [0.2, 0.25) is 6.41 Å². The maximum absolute atomic E-state index is 9.67. The summed E-state index contributed by atoms with van der Waals surface area (Å²) < 4.78 is 0. The first kappa shape index (κ1) is 4.62. The van der Waals surface area contributed by atoms with Gasteiger partial charge < -0.3 is 5.32 Å². The average Bonchev–Trinajstić information content (AvgIpc) is 2.22. The highest BCUT2D eigenvalue weighted by Crippen LogP contribution is 2.36. The molecule has 2 nitrogen and oxygen atoms in total. The zero-order valence-corrected chi connectivity index (χ0v) is 4.27. The Morgan fingerprint density at radius 2 is 2.57 bits per heavy atom. The van der Waals surface area contributed by atoms with Crippen LogP contribution in [0.2, 0.25) is 0 Å². The summed E-state index contributed by atoms with van der Waals surface area (Å²) in [5, 5.41) is 2.61. The molecule has 1 aliphatic carbocycles. The minimum Gasteiger partial charge on any atom is -0.351 e. The van der Waals surface area contributed by atoms with E-state index in [0.717, 1.165) is 12.8 Å². The lowest BCUT2D eigenvalue weighted by molar-refractivity contribution is -0.109. The first-order valence-corrected chi connectivity index (χ1v) is 2.40. The van der Waals surface area contributed by atoms with Crippen molar-refractivity contribution in [2.24, 2.45) is 5.92 Å². The molecule has 1 N–H and O–H groups in total. The largest absolute Gasteiger partial charge is 0.351 e. The number of rotatable bonds is 2. The van der Waals surface area contributed by atoms with Crippen molar-refractivity contribution < 1.29 is 4.79 Å². The molecule has 0 aromatic heterocycles. The number of hydrogen-bond donors (Lipinski definition) is 1. The van der Waals surface area contributed by atoms with Crippen LogP contribution in [0.4, 0.5) is 0 Å². The second kappa shape index (κ2) is 1.52. The number of hydrogen-bond acceptors (Lipinski definition) is 1. The lowest BCUT2D eigenvalue weighted by Crippen LogP contribution is -2.06. The Morgan fingerprint density at radius 1 is 2.00 bits per heavy atom. The summed E-state index contributed by atoms with van der Waals surface area (Å²) in [6, 6.07) is 1.18. The van der Waals surface area contributed by atoms with Crippen LogP contribution in [0.5, 0.6) is 0 Å². The van der Waals surface area contributed by atoms with E-state index in [-0.39, 0.29) is 0 Å². The molecule has 0 bridgehead atoms. The summed E-state index contributed by atoms with van der Waals surface area (Å²) in [7, 11) is 0. The van der Waals surface area contributed by atoms with Crippen LogP contribution in [0.15, 0.2) is 0 Å². The molecule has 0 aromatic rings. The third-order valence-electron chi connectivity index (χ3n) is 1.21. The summed E-state index contributed by atoms with van der Waals surface area (Å²) in [5.41, 5.74) is 0. The Balaban J connectivity index is 2.08. The van der Waals surface area contributed by atoms with Gasteiger partial charge in [-0.1, -0.05) is 6.92 Å². The van der Waals surface area contributed by atoms with Gasteiger partial charge in [-0.3, -0.25) is 4.79 Å². The molecule has 1 saturated carbocycles. The van der Waals surface area contributed by atoms with Crippen molar-refractivity contribution in [1.29, 1.82) is 0 Å². The van der Waals surface area contributed by atoms with E-state index in [4.69, 9.17) is 0 Å². The molecule has 1 fully saturated rings. The zero-order chi connectivity index (χ0) is 5.28. The van der Waals surface area contributed by atoms with Gasteiger partial charge in [-0.05, 0) is 12.3 Å². The number of nitrogens with one attached hydrogen (secondary N) is 1. The molecule has 39 valence electrons. The van der Waals surface area contributed by atoms with E-state index in [0.29, 0.717) is 5.92 Å². The third-order valence-corrected chi connectivity index (χ3v) is 1.21. The highest BCUT2D eigenvalue weighted by Gasteiger charge is 2.32. The molecule has 1 amide bonds. The first-order valence-electron chi connectivity index (χ1n) is 2.40. The lowest BCUT2D eigenvalue weighted by atomic mass is 10.5. The summed E-state index contributed by atoms with van der Waals surface area (Å²) in [5.74, 6) is 0.644. The Labute approximate surface area is 42.9 Å². The standard InChI is InChI=1S/C5H8NO/c1-4-2-5(4)6-3-7/h3-4H,2H2,1H3,(H,6,7). The maximum atomic E-state index is 9.67. The molecule has 7 heavy (non-hydrogen) atoms. The van der Waals surface area contributed by atoms with Gasteiger partial charge in [-0.2, -0.15) is 0 Å². The predicted octanol–water partition coefficient (Wildman–Crippen LogP) is 0.304. The van der Waals surface area contributed by atoms with Crippen molar-refractivity contribution in [3.05, 3.63) is 6.04 Å². The Bertz CT molecular complexity index is 82.1. The Hall–Kier alpha value is -0.530. The number of amides is 1. The van der Waals surface area contributed by atoms with Gasteiger partial charge in [-0.25, -0.2) is 0 Å².